The summed E-state index contributed by atoms with van der Waals surface area (Å²) in [5.74, 6) is -0.604. The minimum absolute atomic E-state index is 0.00103. The van der Waals surface area contributed by atoms with Crippen LogP contribution in [0.1, 0.15) is 23.4 Å². The van der Waals surface area contributed by atoms with E-state index < -0.39 is 11.8 Å². The number of benzene rings is 2. The first kappa shape index (κ1) is 24.8. The van der Waals surface area contributed by atoms with Crippen LogP contribution in [0.5, 0.6) is 5.75 Å². The van der Waals surface area contributed by atoms with E-state index in [-0.39, 0.29) is 18.6 Å². The van der Waals surface area contributed by atoms with E-state index in [9.17, 15) is 9.59 Å². The first-order valence-corrected chi connectivity index (χ1v) is 12.7. The number of carbonyl (C=O) groups is 2. The molecular formula is C27H32N4O3S. The van der Waals surface area contributed by atoms with Crippen LogP contribution in [-0.2, 0) is 16.1 Å². The molecule has 2 atom stereocenters. The molecule has 1 aliphatic rings. The molecule has 0 saturated carbocycles. The van der Waals surface area contributed by atoms with Gasteiger partial charge in [-0.25, -0.2) is 0 Å². The number of rotatable bonds is 8. The average molecular weight is 493 g/mol. The average Bonchev–Trinajstić information content (AvgIpc) is 3.42. The van der Waals surface area contributed by atoms with Gasteiger partial charge < -0.3 is 20.3 Å². The van der Waals surface area contributed by atoms with E-state index >= 15 is 0 Å². The highest BCUT2D eigenvalue weighted by atomic mass is 32.1. The van der Waals surface area contributed by atoms with Crippen LogP contribution in [0.2, 0.25) is 0 Å². The van der Waals surface area contributed by atoms with Crippen LogP contribution in [0, 0.1) is 0 Å². The normalized spacial score (nSPS) is 15.8. The van der Waals surface area contributed by atoms with Crippen molar-refractivity contribution in [2.24, 2.45) is 0 Å². The molecule has 184 valence electrons. The molecule has 1 saturated heterocycles. The zero-order valence-electron chi connectivity index (χ0n) is 20.1. The van der Waals surface area contributed by atoms with Crippen molar-refractivity contribution in [3.63, 3.8) is 0 Å². The number of nitrogens with one attached hydrogen (secondary N) is 2. The second kappa shape index (κ2) is 11.9. The lowest BCUT2D eigenvalue weighted by Crippen LogP contribution is -2.53. The van der Waals surface area contributed by atoms with Crippen LogP contribution < -0.4 is 20.3 Å². The van der Waals surface area contributed by atoms with Gasteiger partial charge in [0.15, 0.2) is 0 Å². The molecule has 4 rings (SSSR count). The predicted molar refractivity (Wildman–Crippen MR) is 140 cm³/mol. The molecule has 0 aliphatic carbocycles. The number of hydrogen-bond acceptors (Lipinski definition) is 6. The van der Waals surface area contributed by atoms with Gasteiger partial charge in [0.25, 0.3) is 0 Å². The van der Waals surface area contributed by atoms with Crippen LogP contribution in [0.3, 0.4) is 0 Å². The maximum atomic E-state index is 12.7. The number of para-hydroxylation sites is 2. The SMILES string of the molecule is COc1ccccc1CNC(=O)C(=O)NC(C)C(c1cccs1)N1CCN(c2ccccc2)CC1. The predicted octanol–water partition coefficient (Wildman–Crippen LogP) is 3.44. The summed E-state index contributed by atoms with van der Waals surface area (Å²) in [5, 5.41) is 7.70. The second-order valence-corrected chi connectivity index (χ2v) is 9.55. The van der Waals surface area contributed by atoms with Gasteiger partial charge in [0.1, 0.15) is 5.75 Å². The molecule has 2 N–H and O–H groups in total. The molecular weight excluding hydrogens is 460 g/mol. The zero-order valence-corrected chi connectivity index (χ0v) is 21.0. The minimum Gasteiger partial charge on any atom is -0.496 e. The van der Waals surface area contributed by atoms with Gasteiger partial charge in [0, 0.05) is 54.9 Å². The van der Waals surface area contributed by atoms with Crippen molar-refractivity contribution in [3.05, 3.63) is 82.6 Å². The highest BCUT2D eigenvalue weighted by Crippen LogP contribution is 2.30. The van der Waals surface area contributed by atoms with Gasteiger partial charge in [-0.15, -0.1) is 11.3 Å². The Hall–Kier alpha value is -3.36. The molecule has 0 bridgehead atoms. The summed E-state index contributed by atoms with van der Waals surface area (Å²) in [6, 6.07) is 21.7. The highest BCUT2D eigenvalue weighted by Gasteiger charge is 2.32. The van der Waals surface area contributed by atoms with Crippen LogP contribution >= 0.6 is 11.3 Å². The standard InChI is InChI=1S/C27H32N4O3S/c1-20(29-27(33)26(32)28-19-21-9-6-7-12-23(21)34-2)25(24-13-8-18-35-24)31-16-14-30(15-17-31)22-10-4-3-5-11-22/h3-13,18,20,25H,14-17,19H2,1-2H3,(H,28,32)(H,29,33). The molecule has 7 nitrogen and oxygen atoms in total. The van der Waals surface area contributed by atoms with Crippen LogP contribution in [-0.4, -0.2) is 56.0 Å². The number of nitrogens with zero attached hydrogens (tertiary/aromatic N) is 2. The smallest absolute Gasteiger partial charge is 0.309 e. The topological polar surface area (TPSA) is 73.9 Å². The number of piperazine rings is 1. The number of amides is 2. The lowest BCUT2D eigenvalue weighted by molar-refractivity contribution is -0.140. The second-order valence-electron chi connectivity index (χ2n) is 8.58. The van der Waals surface area contributed by atoms with Crippen LogP contribution in [0.15, 0.2) is 72.1 Å². The van der Waals surface area contributed by atoms with Gasteiger partial charge in [-0.05, 0) is 36.6 Å². The lowest BCUT2D eigenvalue weighted by Gasteiger charge is -2.42. The Morgan fingerprint density at radius 1 is 0.943 bits per heavy atom. The Labute approximate surface area is 210 Å². The molecule has 35 heavy (non-hydrogen) atoms. The van der Waals surface area contributed by atoms with E-state index in [1.54, 1.807) is 18.4 Å². The summed E-state index contributed by atoms with van der Waals surface area (Å²) in [5.41, 5.74) is 2.05. The molecule has 0 spiro atoms. The van der Waals surface area contributed by atoms with Crippen molar-refractivity contribution in [2.75, 3.05) is 38.2 Å². The third-order valence-corrected chi connectivity index (χ3v) is 7.28. The number of thiophene rings is 1. The fourth-order valence-corrected chi connectivity index (χ4v) is 5.52. The third-order valence-electron chi connectivity index (χ3n) is 6.33. The molecule has 3 aromatic rings. The van der Waals surface area contributed by atoms with Crippen LogP contribution in [0.25, 0.3) is 0 Å². The van der Waals surface area contributed by atoms with Crippen molar-refractivity contribution >= 4 is 28.8 Å². The highest BCUT2D eigenvalue weighted by molar-refractivity contribution is 7.10. The third kappa shape index (κ3) is 6.21. The van der Waals surface area contributed by atoms with E-state index in [0.717, 1.165) is 31.7 Å². The summed E-state index contributed by atoms with van der Waals surface area (Å²) in [6.07, 6.45) is 0. The van der Waals surface area contributed by atoms with Crippen molar-refractivity contribution in [2.45, 2.75) is 25.6 Å². The van der Waals surface area contributed by atoms with E-state index in [1.165, 1.54) is 10.6 Å². The molecule has 0 radical (unpaired) electrons. The van der Waals surface area contributed by atoms with Crippen molar-refractivity contribution < 1.29 is 14.3 Å². The monoisotopic (exact) mass is 492 g/mol. The first-order valence-electron chi connectivity index (χ1n) is 11.8. The lowest BCUT2D eigenvalue weighted by atomic mass is 10.0. The van der Waals surface area contributed by atoms with Gasteiger partial charge in [0.05, 0.1) is 13.2 Å². The molecule has 1 fully saturated rings. The van der Waals surface area contributed by atoms with Gasteiger partial charge in [-0.3, -0.25) is 14.5 Å². The first-order chi connectivity index (χ1) is 17.1. The molecule has 2 amide bonds. The maximum absolute atomic E-state index is 12.7. The summed E-state index contributed by atoms with van der Waals surface area (Å²) < 4.78 is 5.32. The Balaban J connectivity index is 1.37. The Morgan fingerprint density at radius 2 is 1.66 bits per heavy atom. The summed E-state index contributed by atoms with van der Waals surface area (Å²) in [4.78, 5) is 31.3. The van der Waals surface area contributed by atoms with E-state index in [4.69, 9.17) is 4.74 Å². The van der Waals surface area contributed by atoms with E-state index in [0.29, 0.717) is 5.75 Å². The van der Waals surface area contributed by atoms with Crippen molar-refractivity contribution in [1.82, 2.24) is 15.5 Å². The number of methoxy groups -OCH3 is 1. The number of carbonyl (C=O) groups excluding carboxylic acids is 2. The number of ether oxygens (including phenoxy) is 1. The minimum atomic E-state index is -0.651. The molecule has 2 aromatic carbocycles. The molecule has 1 aliphatic heterocycles. The zero-order chi connectivity index (χ0) is 24.6. The van der Waals surface area contributed by atoms with Crippen LogP contribution in [0.4, 0.5) is 5.69 Å². The fourth-order valence-electron chi connectivity index (χ4n) is 4.56. The summed E-state index contributed by atoms with van der Waals surface area (Å²) >= 11 is 1.68. The van der Waals surface area contributed by atoms with Gasteiger partial charge in [-0.2, -0.15) is 0 Å². The van der Waals surface area contributed by atoms with Crippen molar-refractivity contribution in [1.29, 1.82) is 0 Å². The maximum Gasteiger partial charge on any atom is 0.309 e. The van der Waals surface area contributed by atoms with E-state index in [2.05, 4.69) is 56.1 Å². The fraction of sp³-hybridized carbons (Fsp3) is 0.333. The van der Waals surface area contributed by atoms with Crippen molar-refractivity contribution in [3.8, 4) is 5.75 Å². The molecule has 2 heterocycles. The largest absolute Gasteiger partial charge is 0.496 e. The van der Waals surface area contributed by atoms with E-state index in [1.807, 2.05) is 43.3 Å². The van der Waals surface area contributed by atoms with Gasteiger partial charge in [0.2, 0.25) is 0 Å². The number of hydrogen-bond donors (Lipinski definition) is 2. The Morgan fingerprint density at radius 3 is 2.34 bits per heavy atom. The molecule has 2 unspecified atom stereocenters. The summed E-state index contributed by atoms with van der Waals surface area (Å²) in [6.45, 7) is 5.76. The quantitative estimate of drug-likeness (QED) is 0.472. The van der Waals surface area contributed by atoms with Gasteiger partial charge >= 0.3 is 11.8 Å². The summed E-state index contributed by atoms with van der Waals surface area (Å²) in [7, 11) is 1.58. The molecule has 8 heteroatoms. The van der Waals surface area contributed by atoms with Gasteiger partial charge in [-0.1, -0.05) is 42.5 Å². The number of anilines is 1. The Kier molecular flexibility index (Phi) is 8.39. The Bertz CT molecular complexity index is 1100. The molecule has 1 aromatic heterocycles.